The van der Waals surface area contributed by atoms with E-state index in [0.717, 1.165) is 23.3 Å². The van der Waals surface area contributed by atoms with Crippen LogP contribution in [0.2, 0.25) is 0 Å². The molecule has 2 rings (SSSR count). The number of rotatable bonds is 8. The van der Waals surface area contributed by atoms with Crippen LogP contribution in [0, 0.1) is 6.92 Å². The van der Waals surface area contributed by atoms with Gasteiger partial charge in [0.15, 0.2) is 0 Å². The smallest absolute Gasteiger partial charge is 0.249 e. The summed E-state index contributed by atoms with van der Waals surface area (Å²) >= 11 is 0. The Morgan fingerprint density at radius 1 is 1.12 bits per heavy atom. The molecule has 0 saturated carbocycles. The largest absolute Gasteiger partial charge is 0.494 e. The molecule has 0 aliphatic heterocycles. The molecule has 0 atom stereocenters. The number of carbonyl (C=O) groups is 2. The van der Waals surface area contributed by atoms with Gasteiger partial charge in [0.05, 0.1) is 12.8 Å². The van der Waals surface area contributed by atoms with E-state index in [4.69, 9.17) is 4.74 Å². The highest BCUT2D eigenvalue weighted by Gasteiger charge is 2.08. The summed E-state index contributed by atoms with van der Waals surface area (Å²) in [6.07, 6.45) is 2.14. The Hall–Kier alpha value is -3.15. The van der Waals surface area contributed by atoms with Gasteiger partial charge in [0, 0.05) is 5.69 Å². The van der Waals surface area contributed by atoms with Crippen molar-refractivity contribution in [2.24, 2.45) is 5.10 Å². The molecule has 136 valence electrons. The highest BCUT2D eigenvalue weighted by molar-refractivity contribution is 6.03. The molecule has 0 fully saturated rings. The Morgan fingerprint density at radius 3 is 2.62 bits per heavy atom. The van der Waals surface area contributed by atoms with Crippen LogP contribution in [0.5, 0.6) is 5.75 Å². The standard InChI is InChI=1S/C20H23N3O3/c1-3-11-26-18-6-4-5-16(12-18)14-21-23-20(25)13-19(24)22-17-9-7-15(2)8-10-17/h4-10,12,14H,3,11,13H2,1-2H3,(H,22,24)(H,23,25). The summed E-state index contributed by atoms with van der Waals surface area (Å²) in [4.78, 5) is 23.6. The van der Waals surface area contributed by atoms with Crippen LogP contribution >= 0.6 is 0 Å². The second-order valence-corrected chi connectivity index (χ2v) is 5.81. The number of nitrogens with zero attached hydrogens (tertiary/aromatic N) is 1. The fourth-order valence-corrected chi connectivity index (χ4v) is 2.11. The van der Waals surface area contributed by atoms with E-state index >= 15 is 0 Å². The summed E-state index contributed by atoms with van der Waals surface area (Å²) in [5, 5.41) is 6.54. The summed E-state index contributed by atoms with van der Waals surface area (Å²) in [5.74, 6) is -0.125. The van der Waals surface area contributed by atoms with Crippen molar-refractivity contribution in [1.29, 1.82) is 0 Å². The average Bonchev–Trinajstić information content (AvgIpc) is 2.62. The number of carbonyl (C=O) groups excluding carboxylic acids is 2. The van der Waals surface area contributed by atoms with E-state index in [1.807, 2.05) is 50.2 Å². The summed E-state index contributed by atoms with van der Waals surface area (Å²) in [6.45, 7) is 4.64. The van der Waals surface area contributed by atoms with Gasteiger partial charge in [-0.1, -0.05) is 36.8 Å². The zero-order valence-corrected chi connectivity index (χ0v) is 15.0. The zero-order valence-electron chi connectivity index (χ0n) is 15.0. The first-order valence-corrected chi connectivity index (χ1v) is 8.48. The van der Waals surface area contributed by atoms with Gasteiger partial charge < -0.3 is 10.1 Å². The lowest BCUT2D eigenvalue weighted by Gasteiger charge is -2.05. The number of amides is 2. The fourth-order valence-electron chi connectivity index (χ4n) is 2.11. The predicted molar refractivity (Wildman–Crippen MR) is 102 cm³/mol. The summed E-state index contributed by atoms with van der Waals surface area (Å²) in [7, 11) is 0. The molecular formula is C20H23N3O3. The molecule has 2 N–H and O–H groups in total. The van der Waals surface area contributed by atoms with Crippen molar-refractivity contribution < 1.29 is 14.3 Å². The van der Waals surface area contributed by atoms with Crippen LogP contribution in [0.15, 0.2) is 53.6 Å². The second-order valence-electron chi connectivity index (χ2n) is 5.81. The van der Waals surface area contributed by atoms with Gasteiger partial charge in [-0.15, -0.1) is 0 Å². The molecule has 0 unspecified atom stereocenters. The van der Waals surface area contributed by atoms with Crippen LogP contribution in [0.25, 0.3) is 0 Å². The highest BCUT2D eigenvalue weighted by atomic mass is 16.5. The zero-order chi connectivity index (χ0) is 18.8. The molecule has 0 heterocycles. The molecule has 6 nitrogen and oxygen atoms in total. The molecule has 0 aliphatic carbocycles. The van der Waals surface area contributed by atoms with Crippen LogP contribution < -0.4 is 15.5 Å². The first kappa shape index (κ1) is 19.2. The van der Waals surface area contributed by atoms with Crippen molar-refractivity contribution in [1.82, 2.24) is 5.43 Å². The van der Waals surface area contributed by atoms with Crippen LogP contribution in [0.3, 0.4) is 0 Å². The number of benzene rings is 2. The Kier molecular flexibility index (Phi) is 7.36. The molecule has 2 amide bonds. The molecule has 0 aromatic heterocycles. The molecule has 2 aromatic rings. The van der Waals surface area contributed by atoms with Gasteiger partial charge in [-0.3, -0.25) is 9.59 Å². The number of hydrazone groups is 1. The first-order valence-electron chi connectivity index (χ1n) is 8.48. The van der Waals surface area contributed by atoms with E-state index < -0.39 is 11.8 Å². The number of ether oxygens (including phenoxy) is 1. The Bertz CT molecular complexity index is 770. The van der Waals surface area contributed by atoms with E-state index in [0.29, 0.717) is 12.3 Å². The van der Waals surface area contributed by atoms with Gasteiger partial charge in [0.1, 0.15) is 12.2 Å². The van der Waals surface area contributed by atoms with Gasteiger partial charge in [-0.05, 0) is 43.2 Å². The van der Waals surface area contributed by atoms with E-state index in [2.05, 4.69) is 15.8 Å². The van der Waals surface area contributed by atoms with E-state index in [-0.39, 0.29) is 6.42 Å². The van der Waals surface area contributed by atoms with Gasteiger partial charge in [-0.2, -0.15) is 5.10 Å². The van der Waals surface area contributed by atoms with Crippen LogP contribution in [0.1, 0.15) is 30.9 Å². The second kappa shape index (κ2) is 9.98. The molecule has 0 radical (unpaired) electrons. The van der Waals surface area contributed by atoms with Crippen LogP contribution in [-0.4, -0.2) is 24.6 Å². The molecule has 0 saturated heterocycles. The number of hydrogen-bond acceptors (Lipinski definition) is 4. The van der Waals surface area contributed by atoms with Crippen molar-refractivity contribution in [3.63, 3.8) is 0 Å². The van der Waals surface area contributed by atoms with Gasteiger partial charge in [0.25, 0.3) is 0 Å². The lowest BCUT2D eigenvalue weighted by atomic mass is 10.2. The van der Waals surface area contributed by atoms with Crippen molar-refractivity contribution in [2.75, 3.05) is 11.9 Å². The average molecular weight is 353 g/mol. The maximum absolute atomic E-state index is 11.8. The number of anilines is 1. The Morgan fingerprint density at radius 2 is 1.88 bits per heavy atom. The highest BCUT2D eigenvalue weighted by Crippen LogP contribution is 2.12. The van der Waals surface area contributed by atoms with E-state index in [1.165, 1.54) is 6.21 Å². The van der Waals surface area contributed by atoms with Gasteiger partial charge in [-0.25, -0.2) is 5.43 Å². The topological polar surface area (TPSA) is 79.8 Å². The third-order valence-electron chi connectivity index (χ3n) is 3.39. The summed E-state index contributed by atoms with van der Waals surface area (Å²) in [5.41, 5.74) is 4.89. The Balaban J connectivity index is 1.79. The van der Waals surface area contributed by atoms with E-state index in [1.54, 1.807) is 12.1 Å². The molecule has 26 heavy (non-hydrogen) atoms. The maximum atomic E-state index is 11.8. The van der Waals surface area contributed by atoms with Crippen molar-refractivity contribution in [3.8, 4) is 5.75 Å². The van der Waals surface area contributed by atoms with Crippen molar-refractivity contribution in [2.45, 2.75) is 26.7 Å². The molecule has 0 spiro atoms. The fraction of sp³-hybridized carbons (Fsp3) is 0.250. The monoisotopic (exact) mass is 353 g/mol. The molecular weight excluding hydrogens is 330 g/mol. The number of nitrogens with one attached hydrogen (secondary N) is 2. The van der Waals surface area contributed by atoms with Gasteiger partial charge >= 0.3 is 0 Å². The molecule has 6 heteroatoms. The van der Waals surface area contributed by atoms with Crippen LogP contribution in [-0.2, 0) is 9.59 Å². The summed E-state index contributed by atoms with van der Waals surface area (Å²) in [6, 6.07) is 14.7. The molecule has 2 aromatic carbocycles. The summed E-state index contributed by atoms with van der Waals surface area (Å²) < 4.78 is 5.54. The third kappa shape index (κ3) is 6.76. The normalized spacial score (nSPS) is 10.5. The van der Waals surface area contributed by atoms with Gasteiger partial charge in [0.2, 0.25) is 11.8 Å². The quantitative estimate of drug-likeness (QED) is 0.434. The number of hydrogen-bond donors (Lipinski definition) is 2. The SMILES string of the molecule is CCCOc1cccc(C=NNC(=O)CC(=O)Nc2ccc(C)cc2)c1. The lowest BCUT2D eigenvalue weighted by molar-refractivity contribution is -0.126. The number of aryl methyl sites for hydroxylation is 1. The lowest BCUT2D eigenvalue weighted by Crippen LogP contribution is -2.24. The minimum Gasteiger partial charge on any atom is -0.494 e. The predicted octanol–water partition coefficient (Wildman–Crippen LogP) is 3.26. The van der Waals surface area contributed by atoms with E-state index in [9.17, 15) is 9.59 Å². The van der Waals surface area contributed by atoms with Crippen molar-refractivity contribution in [3.05, 3.63) is 59.7 Å². The molecule has 0 aliphatic rings. The van der Waals surface area contributed by atoms with Crippen molar-refractivity contribution >= 4 is 23.7 Å². The van der Waals surface area contributed by atoms with Crippen LogP contribution in [0.4, 0.5) is 5.69 Å². The minimum atomic E-state index is -0.482. The maximum Gasteiger partial charge on any atom is 0.249 e. The molecule has 0 bridgehead atoms. The minimum absolute atomic E-state index is 0.301. The first-order chi connectivity index (χ1) is 12.6. The third-order valence-corrected chi connectivity index (χ3v) is 3.39. The Labute approximate surface area is 153 Å².